The van der Waals surface area contributed by atoms with E-state index in [4.69, 9.17) is 23.2 Å². The van der Waals surface area contributed by atoms with Gasteiger partial charge in [-0.15, -0.1) is 11.8 Å². The average Bonchev–Trinajstić information content (AvgIpc) is 2.74. The first kappa shape index (κ1) is 24.6. The van der Waals surface area contributed by atoms with Crippen LogP contribution in [0.2, 0.25) is 10.0 Å². The maximum atomic E-state index is 13.1. The van der Waals surface area contributed by atoms with E-state index in [1.54, 1.807) is 23.1 Å². The molecule has 0 radical (unpaired) electrons. The largest absolute Gasteiger partial charge is 0.354 e. The Labute approximate surface area is 193 Å². The summed E-state index contributed by atoms with van der Waals surface area (Å²) in [6, 6.07) is 14.6. The predicted molar refractivity (Wildman–Crippen MR) is 127 cm³/mol. The molecule has 0 fully saturated rings. The van der Waals surface area contributed by atoms with E-state index >= 15 is 0 Å². The molecule has 0 spiro atoms. The van der Waals surface area contributed by atoms with Gasteiger partial charge in [0.2, 0.25) is 11.8 Å². The molecule has 2 rings (SSSR count). The van der Waals surface area contributed by atoms with Crippen LogP contribution in [0.5, 0.6) is 0 Å². The normalized spacial score (nSPS) is 11.7. The Hall–Kier alpha value is -1.69. The fourth-order valence-corrected chi connectivity index (χ4v) is 4.71. The van der Waals surface area contributed by atoms with Gasteiger partial charge in [-0.1, -0.05) is 73.4 Å². The second kappa shape index (κ2) is 12.9. The predicted octanol–water partition coefficient (Wildman–Crippen LogP) is 5.56. The fraction of sp³-hybridized carbons (Fsp3) is 0.391. The van der Waals surface area contributed by atoms with Crippen LogP contribution in [0.15, 0.2) is 48.5 Å². The summed E-state index contributed by atoms with van der Waals surface area (Å²) in [7, 11) is 0. The van der Waals surface area contributed by atoms with Crippen LogP contribution in [0.3, 0.4) is 0 Å². The van der Waals surface area contributed by atoms with Crippen molar-refractivity contribution in [2.75, 3.05) is 12.3 Å². The molecule has 0 aliphatic carbocycles. The van der Waals surface area contributed by atoms with E-state index in [1.807, 2.05) is 44.2 Å². The smallest absolute Gasteiger partial charge is 0.242 e. The standard InChI is InChI=1S/C23H28Cl2N2O2S/c1-3-13-26-23(29)21(4-2)27(14-17-9-6-5-7-10-17)22(28)16-30-15-18-19(24)11-8-12-20(18)25/h5-12,21H,3-4,13-16H2,1-2H3,(H,26,29)/t21-/m1/s1. The Bertz CT molecular complexity index is 813. The molecule has 0 unspecified atom stereocenters. The zero-order chi connectivity index (χ0) is 21.9. The molecule has 2 aromatic carbocycles. The number of amides is 2. The summed E-state index contributed by atoms with van der Waals surface area (Å²) >= 11 is 13.9. The minimum absolute atomic E-state index is 0.0782. The highest BCUT2D eigenvalue weighted by molar-refractivity contribution is 7.99. The van der Waals surface area contributed by atoms with Crippen LogP contribution in [0.1, 0.15) is 37.8 Å². The zero-order valence-electron chi connectivity index (χ0n) is 17.4. The van der Waals surface area contributed by atoms with Gasteiger partial charge in [-0.25, -0.2) is 0 Å². The third-order valence-corrected chi connectivity index (χ3v) is 6.32. The number of carbonyl (C=O) groups excluding carboxylic acids is 2. The summed E-state index contributed by atoms with van der Waals surface area (Å²) in [5.74, 6) is 0.585. The number of thioether (sulfide) groups is 1. The van der Waals surface area contributed by atoms with Crippen molar-refractivity contribution in [2.24, 2.45) is 0 Å². The Morgan fingerprint density at radius 3 is 2.30 bits per heavy atom. The molecule has 162 valence electrons. The second-order valence-corrected chi connectivity index (χ2v) is 8.72. The van der Waals surface area contributed by atoms with Crippen molar-refractivity contribution in [3.05, 3.63) is 69.7 Å². The fourth-order valence-electron chi connectivity index (χ4n) is 3.06. The number of hydrogen-bond acceptors (Lipinski definition) is 3. The van der Waals surface area contributed by atoms with E-state index in [0.29, 0.717) is 35.3 Å². The van der Waals surface area contributed by atoms with Crippen LogP contribution in [-0.2, 0) is 21.9 Å². The molecule has 2 amide bonds. The molecular formula is C23H28Cl2N2O2S. The van der Waals surface area contributed by atoms with Gasteiger partial charge in [-0.3, -0.25) is 9.59 Å². The van der Waals surface area contributed by atoms with Crippen molar-refractivity contribution in [3.8, 4) is 0 Å². The summed E-state index contributed by atoms with van der Waals surface area (Å²) in [6.45, 7) is 4.93. The summed E-state index contributed by atoms with van der Waals surface area (Å²) in [5, 5.41) is 4.11. The van der Waals surface area contributed by atoms with E-state index in [9.17, 15) is 9.59 Å². The number of rotatable bonds is 11. The van der Waals surface area contributed by atoms with Crippen molar-refractivity contribution >= 4 is 46.8 Å². The van der Waals surface area contributed by atoms with E-state index in [0.717, 1.165) is 17.5 Å². The minimum atomic E-state index is -0.506. The number of carbonyl (C=O) groups is 2. The van der Waals surface area contributed by atoms with Crippen LogP contribution in [0.4, 0.5) is 0 Å². The molecule has 1 atom stereocenters. The van der Waals surface area contributed by atoms with Crippen LogP contribution >= 0.6 is 35.0 Å². The highest BCUT2D eigenvalue weighted by Crippen LogP contribution is 2.28. The monoisotopic (exact) mass is 466 g/mol. The minimum Gasteiger partial charge on any atom is -0.354 e. The van der Waals surface area contributed by atoms with Crippen molar-refractivity contribution in [1.82, 2.24) is 10.2 Å². The van der Waals surface area contributed by atoms with Crippen molar-refractivity contribution in [2.45, 2.75) is 45.0 Å². The second-order valence-electron chi connectivity index (χ2n) is 6.92. The van der Waals surface area contributed by atoms with Crippen LogP contribution in [0, 0.1) is 0 Å². The number of hydrogen-bond donors (Lipinski definition) is 1. The van der Waals surface area contributed by atoms with E-state index in [-0.39, 0.29) is 17.6 Å². The lowest BCUT2D eigenvalue weighted by atomic mass is 10.1. The van der Waals surface area contributed by atoms with Gasteiger partial charge in [-0.2, -0.15) is 0 Å². The van der Waals surface area contributed by atoms with E-state index < -0.39 is 6.04 Å². The topological polar surface area (TPSA) is 49.4 Å². The van der Waals surface area contributed by atoms with Crippen molar-refractivity contribution in [3.63, 3.8) is 0 Å². The molecule has 7 heteroatoms. The van der Waals surface area contributed by atoms with Crippen LogP contribution < -0.4 is 5.32 Å². The Morgan fingerprint density at radius 2 is 1.70 bits per heavy atom. The van der Waals surface area contributed by atoms with E-state index in [2.05, 4.69) is 5.32 Å². The summed E-state index contributed by atoms with van der Waals surface area (Å²) in [5.41, 5.74) is 1.81. The molecule has 0 aliphatic heterocycles. The molecule has 0 aliphatic rings. The molecule has 4 nitrogen and oxygen atoms in total. The summed E-state index contributed by atoms with van der Waals surface area (Å²) < 4.78 is 0. The Balaban J connectivity index is 2.11. The quantitative estimate of drug-likeness (QED) is 0.471. The molecule has 2 aromatic rings. The lowest BCUT2D eigenvalue weighted by Crippen LogP contribution is -2.49. The molecule has 0 aromatic heterocycles. The number of benzene rings is 2. The Kier molecular flexibility index (Phi) is 10.6. The maximum Gasteiger partial charge on any atom is 0.242 e. The van der Waals surface area contributed by atoms with Gasteiger partial charge in [0.25, 0.3) is 0 Å². The average molecular weight is 467 g/mol. The van der Waals surface area contributed by atoms with Crippen molar-refractivity contribution < 1.29 is 9.59 Å². The van der Waals surface area contributed by atoms with Gasteiger partial charge < -0.3 is 10.2 Å². The molecule has 0 saturated carbocycles. The van der Waals surface area contributed by atoms with Gasteiger partial charge in [0.05, 0.1) is 5.75 Å². The lowest BCUT2D eigenvalue weighted by molar-refractivity contribution is -0.139. The third-order valence-electron chi connectivity index (χ3n) is 4.66. The zero-order valence-corrected chi connectivity index (χ0v) is 19.7. The summed E-state index contributed by atoms with van der Waals surface area (Å²) in [6.07, 6.45) is 1.40. The number of halogens is 2. The lowest BCUT2D eigenvalue weighted by Gasteiger charge is -2.30. The first-order valence-electron chi connectivity index (χ1n) is 10.1. The molecule has 0 bridgehead atoms. The van der Waals surface area contributed by atoms with Crippen LogP contribution in [0.25, 0.3) is 0 Å². The molecule has 0 saturated heterocycles. The van der Waals surface area contributed by atoms with Gasteiger partial charge in [-0.05, 0) is 36.1 Å². The molecular weight excluding hydrogens is 439 g/mol. The first-order valence-corrected chi connectivity index (χ1v) is 12.0. The SMILES string of the molecule is CCCNC(=O)[C@@H](CC)N(Cc1ccccc1)C(=O)CSCc1c(Cl)cccc1Cl. The van der Waals surface area contributed by atoms with Crippen molar-refractivity contribution in [1.29, 1.82) is 0 Å². The third kappa shape index (κ3) is 7.22. The Morgan fingerprint density at radius 1 is 1.03 bits per heavy atom. The maximum absolute atomic E-state index is 13.1. The molecule has 30 heavy (non-hydrogen) atoms. The van der Waals surface area contributed by atoms with Gasteiger partial charge >= 0.3 is 0 Å². The van der Waals surface area contributed by atoms with Gasteiger partial charge in [0.1, 0.15) is 6.04 Å². The van der Waals surface area contributed by atoms with E-state index in [1.165, 1.54) is 11.8 Å². The highest BCUT2D eigenvalue weighted by atomic mass is 35.5. The van der Waals surface area contributed by atoms with Gasteiger partial charge in [0, 0.05) is 28.9 Å². The van der Waals surface area contributed by atoms with Crippen LogP contribution in [-0.4, -0.2) is 35.1 Å². The number of nitrogens with zero attached hydrogens (tertiary/aromatic N) is 1. The highest BCUT2D eigenvalue weighted by Gasteiger charge is 2.28. The molecule has 1 N–H and O–H groups in total. The molecule has 0 heterocycles. The number of nitrogens with one attached hydrogen (secondary N) is 1. The first-order chi connectivity index (χ1) is 14.5. The van der Waals surface area contributed by atoms with Gasteiger partial charge in [0.15, 0.2) is 0 Å². The summed E-state index contributed by atoms with van der Waals surface area (Å²) in [4.78, 5) is 27.5.